The minimum Gasteiger partial charge on any atom is -0.480 e. The normalized spacial score (nSPS) is 19.9. The summed E-state index contributed by atoms with van der Waals surface area (Å²) in [5.41, 5.74) is -1.77. The molecule has 4 nitrogen and oxygen atoms in total. The Bertz CT molecular complexity index is 489. The molecule has 1 aromatic rings. The average molecular weight is 271 g/mol. The largest absolute Gasteiger partial charge is 0.480 e. The summed E-state index contributed by atoms with van der Waals surface area (Å²) in [5, 5.41) is 9.48. The highest BCUT2D eigenvalue weighted by Crippen LogP contribution is 2.32. The zero-order valence-corrected chi connectivity index (χ0v) is 10.5. The van der Waals surface area contributed by atoms with Crippen molar-refractivity contribution in [2.75, 3.05) is 26.3 Å². The van der Waals surface area contributed by atoms with Crippen molar-refractivity contribution in [3.8, 4) is 0 Å². The molecule has 104 valence electrons. The maximum Gasteiger partial charge on any atom is 0.328 e. The second kappa shape index (κ2) is 5.22. The predicted molar refractivity (Wildman–Crippen MR) is 63.7 cm³/mol. The molecule has 0 bridgehead atoms. The molecule has 1 heterocycles. The molecule has 1 saturated heterocycles. The standard InChI is InChI=1S/C13H15F2NO3/c1-13(12(17)18,16-5-7-19-8-6-16)9-3-2-4-10(14)11(9)15/h2-4H,5-8H2,1H3,(H,17,18). The number of benzene rings is 1. The number of carbonyl (C=O) groups is 1. The molecular weight excluding hydrogens is 256 g/mol. The molecule has 1 fully saturated rings. The third-order valence-electron chi connectivity index (χ3n) is 3.54. The lowest BCUT2D eigenvalue weighted by atomic mass is 9.89. The maximum absolute atomic E-state index is 13.9. The molecule has 2 rings (SSSR count). The van der Waals surface area contributed by atoms with Gasteiger partial charge in [0.05, 0.1) is 13.2 Å². The van der Waals surface area contributed by atoms with Gasteiger partial charge in [0, 0.05) is 18.7 Å². The molecule has 1 aromatic carbocycles. The van der Waals surface area contributed by atoms with Crippen LogP contribution in [0.25, 0.3) is 0 Å². The lowest BCUT2D eigenvalue weighted by Crippen LogP contribution is -2.54. The summed E-state index contributed by atoms with van der Waals surface area (Å²) < 4.78 is 32.4. The van der Waals surface area contributed by atoms with Crippen molar-refractivity contribution >= 4 is 5.97 Å². The summed E-state index contributed by atoms with van der Waals surface area (Å²) in [6.07, 6.45) is 0. The number of aliphatic carboxylic acids is 1. The summed E-state index contributed by atoms with van der Waals surface area (Å²) in [5.74, 6) is -3.36. The van der Waals surface area contributed by atoms with E-state index in [0.29, 0.717) is 26.3 Å². The zero-order chi connectivity index (χ0) is 14.0. The molecule has 1 aliphatic heterocycles. The molecule has 0 saturated carbocycles. The molecule has 0 spiro atoms. The molecular formula is C13H15F2NO3. The molecule has 1 N–H and O–H groups in total. The van der Waals surface area contributed by atoms with Crippen LogP contribution < -0.4 is 0 Å². The lowest BCUT2D eigenvalue weighted by Gasteiger charge is -2.40. The Morgan fingerprint density at radius 1 is 1.37 bits per heavy atom. The van der Waals surface area contributed by atoms with Crippen LogP contribution in [0, 0.1) is 11.6 Å². The first-order valence-electron chi connectivity index (χ1n) is 5.98. The second-order valence-electron chi connectivity index (χ2n) is 4.58. The van der Waals surface area contributed by atoms with Crippen LogP contribution in [-0.4, -0.2) is 42.3 Å². The van der Waals surface area contributed by atoms with E-state index in [0.717, 1.165) is 6.07 Å². The summed E-state index contributed by atoms with van der Waals surface area (Å²) in [6, 6.07) is 3.60. The van der Waals surface area contributed by atoms with Crippen molar-refractivity contribution in [3.63, 3.8) is 0 Å². The molecule has 6 heteroatoms. The average Bonchev–Trinajstić information content (AvgIpc) is 2.42. The SMILES string of the molecule is CC(C(=O)O)(c1cccc(F)c1F)N1CCOCC1. The van der Waals surface area contributed by atoms with Crippen molar-refractivity contribution < 1.29 is 23.4 Å². The van der Waals surface area contributed by atoms with Crippen LogP contribution >= 0.6 is 0 Å². The zero-order valence-electron chi connectivity index (χ0n) is 10.5. The first-order valence-corrected chi connectivity index (χ1v) is 5.98. The van der Waals surface area contributed by atoms with Crippen molar-refractivity contribution in [2.45, 2.75) is 12.5 Å². The van der Waals surface area contributed by atoms with Gasteiger partial charge in [-0.05, 0) is 13.0 Å². The molecule has 19 heavy (non-hydrogen) atoms. The first-order chi connectivity index (χ1) is 8.98. The van der Waals surface area contributed by atoms with Gasteiger partial charge < -0.3 is 9.84 Å². The fourth-order valence-corrected chi connectivity index (χ4v) is 2.31. The van der Waals surface area contributed by atoms with E-state index in [1.54, 1.807) is 4.90 Å². The van der Waals surface area contributed by atoms with Gasteiger partial charge in [-0.3, -0.25) is 4.90 Å². The maximum atomic E-state index is 13.9. The van der Waals surface area contributed by atoms with Crippen LogP contribution in [0.1, 0.15) is 12.5 Å². The van der Waals surface area contributed by atoms with Crippen molar-refractivity contribution in [2.24, 2.45) is 0 Å². The summed E-state index contributed by atoms with van der Waals surface area (Å²) >= 11 is 0. The highest BCUT2D eigenvalue weighted by Gasteiger charge is 2.44. The number of morpholine rings is 1. The number of rotatable bonds is 3. The third-order valence-corrected chi connectivity index (χ3v) is 3.54. The van der Waals surface area contributed by atoms with Gasteiger partial charge in [0.1, 0.15) is 5.54 Å². The monoisotopic (exact) mass is 271 g/mol. The van der Waals surface area contributed by atoms with Gasteiger partial charge in [-0.2, -0.15) is 0 Å². The highest BCUT2D eigenvalue weighted by atomic mass is 19.2. The third kappa shape index (κ3) is 2.33. The van der Waals surface area contributed by atoms with Gasteiger partial charge in [0.15, 0.2) is 11.6 Å². The van der Waals surface area contributed by atoms with Crippen LogP contribution in [0.4, 0.5) is 8.78 Å². The molecule has 0 aromatic heterocycles. The van der Waals surface area contributed by atoms with Crippen LogP contribution in [0.5, 0.6) is 0 Å². The number of ether oxygens (including phenoxy) is 1. The van der Waals surface area contributed by atoms with Gasteiger partial charge >= 0.3 is 5.97 Å². The van der Waals surface area contributed by atoms with Crippen molar-refractivity contribution in [1.29, 1.82) is 0 Å². The molecule has 0 aliphatic carbocycles. The smallest absolute Gasteiger partial charge is 0.328 e. The minimum atomic E-state index is -1.60. The minimum absolute atomic E-state index is 0.165. The summed E-state index contributed by atoms with van der Waals surface area (Å²) in [4.78, 5) is 13.2. The van der Waals surface area contributed by atoms with E-state index in [1.165, 1.54) is 19.1 Å². The Balaban J connectivity index is 2.49. The van der Waals surface area contributed by atoms with E-state index in [-0.39, 0.29) is 5.56 Å². The van der Waals surface area contributed by atoms with E-state index in [4.69, 9.17) is 4.74 Å². The molecule has 0 amide bonds. The van der Waals surface area contributed by atoms with Crippen LogP contribution in [0.15, 0.2) is 18.2 Å². The van der Waals surface area contributed by atoms with Gasteiger partial charge in [-0.25, -0.2) is 13.6 Å². The Kier molecular flexibility index (Phi) is 3.82. The van der Waals surface area contributed by atoms with E-state index in [2.05, 4.69) is 0 Å². The number of carboxylic acid groups (broad SMARTS) is 1. The number of hydrogen-bond donors (Lipinski definition) is 1. The molecule has 1 aliphatic rings. The topological polar surface area (TPSA) is 49.8 Å². The summed E-state index contributed by atoms with van der Waals surface area (Å²) in [7, 11) is 0. The number of nitrogens with zero attached hydrogens (tertiary/aromatic N) is 1. The van der Waals surface area contributed by atoms with Gasteiger partial charge in [-0.15, -0.1) is 0 Å². The van der Waals surface area contributed by atoms with Crippen LogP contribution in [0.2, 0.25) is 0 Å². The molecule has 1 atom stereocenters. The quantitative estimate of drug-likeness (QED) is 0.907. The van der Waals surface area contributed by atoms with Crippen molar-refractivity contribution in [3.05, 3.63) is 35.4 Å². The number of hydrogen-bond acceptors (Lipinski definition) is 3. The van der Waals surface area contributed by atoms with E-state index < -0.39 is 23.1 Å². The Morgan fingerprint density at radius 2 is 2.00 bits per heavy atom. The number of carboxylic acids is 1. The van der Waals surface area contributed by atoms with Crippen LogP contribution in [0.3, 0.4) is 0 Å². The first kappa shape index (κ1) is 13.9. The fraction of sp³-hybridized carbons (Fsp3) is 0.462. The summed E-state index contributed by atoms with van der Waals surface area (Å²) in [6.45, 7) is 2.86. The Labute approximate surface area is 109 Å². The van der Waals surface area contributed by atoms with Gasteiger partial charge in [0.2, 0.25) is 0 Å². The predicted octanol–water partition coefficient (Wildman–Crippen LogP) is 1.60. The van der Waals surface area contributed by atoms with Crippen LogP contribution in [-0.2, 0) is 15.1 Å². The van der Waals surface area contributed by atoms with Gasteiger partial charge in [-0.1, -0.05) is 12.1 Å². The van der Waals surface area contributed by atoms with E-state index in [9.17, 15) is 18.7 Å². The van der Waals surface area contributed by atoms with E-state index in [1.807, 2.05) is 0 Å². The highest BCUT2D eigenvalue weighted by molar-refractivity contribution is 5.80. The molecule has 0 radical (unpaired) electrons. The Hall–Kier alpha value is -1.53. The van der Waals surface area contributed by atoms with E-state index >= 15 is 0 Å². The fourth-order valence-electron chi connectivity index (χ4n) is 2.31. The molecule has 1 unspecified atom stereocenters. The Morgan fingerprint density at radius 3 is 2.58 bits per heavy atom. The lowest BCUT2D eigenvalue weighted by molar-refractivity contribution is -0.154. The number of halogens is 2. The second-order valence-corrected chi connectivity index (χ2v) is 4.58. The van der Waals surface area contributed by atoms with Gasteiger partial charge in [0.25, 0.3) is 0 Å². The van der Waals surface area contributed by atoms with Crippen molar-refractivity contribution in [1.82, 2.24) is 4.90 Å².